The summed E-state index contributed by atoms with van der Waals surface area (Å²) in [6.45, 7) is 1.39. The molecule has 2 heterocycles. The highest BCUT2D eigenvalue weighted by Gasteiger charge is 2.40. The van der Waals surface area contributed by atoms with Crippen LogP contribution >= 0.6 is 0 Å². The van der Waals surface area contributed by atoms with Gasteiger partial charge in [0.05, 0.1) is 17.6 Å². The van der Waals surface area contributed by atoms with E-state index in [0.717, 1.165) is 38.7 Å². The number of sulfone groups is 1. The predicted octanol–water partition coefficient (Wildman–Crippen LogP) is 1.10. The van der Waals surface area contributed by atoms with E-state index in [1.165, 1.54) is 6.42 Å². The molecule has 0 aromatic heterocycles. The van der Waals surface area contributed by atoms with E-state index in [0.29, 0.717) is 24.2 Å². The van der Waals surface area contributed by atoms with Crippen LogP contribution in [-0.2, 0) is 14.6 Å². The van der Waals surface area contributed by atoms with Gasteiger partial charge in [-0.25, -0.2) is 8.42 Å². The number of ether oxygens (including phenoxy) is 1. The summed E-state index contributed by atoms with van der Waals surface area (Å²) in [5, 5.41) is 0. The fourth-order valence-electron chi connectivity index (χ4n) is 3.02. The summed E-state index contributed by atoms with van der Waals surface area (Å²) < 4.78 is 28.7. The summed E-state index contributed by atoms with van der Waals surface area (Å²) in [4.78, 5) is 0. The first-order chi connectivity index (χ1) is 8.05. The third kappa shape index (κ3) is 3.42. The van der Waals surface area contributed by atoms with Crippen LogP contribution in [0, 0.1) is 5.41 Å². The van der Waals surface area contributed by atoms with Gasteiger partial charge in [-0.05, 0) is 44.1 Å². The summed E-state index contributed by atoms with van der Waals surface area (Å²) in [7, 11) is -2.83. The third-order valence-electron chi connectivity index (χ3n) is 4.16. The molecular formula is C12H23NO3S. The van der Waals surface area contributed by atoms with Crippen LogP contribution in [0.3, 0.4) is 0 Å². The Kier molecular flexibility index (Phi) is 4.10. The molecule has 4 nitrogen and oxygen atoms in total. The zero-order chi connectivity index (χ0) is 12.4. The lowest BCUT2D eigenvalue weighted by Gasteiger charge is -2.26. The maximum absolute atomic E-state index is 11.5. The molecule has 2 fully saturated rings. The molecule has 17 heavy (non-hydrogen) atoms. The van der Waals surface area contributed by atoms with Gasteiger partial charge in [-0.1, -0.05) is 6.42 Å². The minimum Gasteiger partial charge on any atom is -0.378 e. The molecule has 2 saturated heterocycles. The summed E-state index contributed by atoms with van der Waals surface area (Å²) in [5.41, 5.74) is 5.65. The number of rotatable bonds is 5. The van der Waals surface area contributed by atoms with Crippen molar-refractivity contribution in [2.24, 2.45) is 11.1 Å². The van der Waals surface area contributed by atoms with Gasteiger partial charge in [0.15, 0.2) is 9.84 Å². The van der Waals surface area contributed by atoms with E-state index in [9.17, 15) is 8.42 Å². The monoisotopic (exact) mass is 261 g/mol. The molecule has 0 aromatic rings. The minimum absolute atomic E-state index is 0.141. The van der Waals surface area contributed by atoms with Crippen molar-refractivity contribution in [2.45, 2.75) is 44.6 Å². The highest BCUT2D eigenvalue weighted by Crippen LogP contribution is 2.36. The van der Waals surface area contributed by atoms with Gasteiger partial charge >= 0.3 is 0 Å². The fourth-order valence-corrected chi connectivity index (χ4v) is 5.25. The van der Waals surface area contributed by atoms with Gasteiger partial charge in [0.25, 0.3) is 0 Å². The van der Waals surface area contributed by atoms with E-state index in [2.05, 4.69) is 0 Å². The second kappa shape index (κ2) is 5.24. The maximum atomic E-state index is 11.5. The van der Waals surface area contributed by atoms with Crippen molar-refractivity contribution < 1.29 is 13.2 Å². The Balaban J connectivity index is 1.79. The van der Waals surface area contributed by atoms with Crippen LogP contribution in [-0.4, -0.2) is 39.2 Å². The highest BCUT2D eigenvalue weighted by molar-refractivity contribution is 7.91. The molecule has 0 amide bonds. The van der Waals surface area contributed by atoms with Gasteiger partial charge in [0.1, 0.15) is 0 Å². The molecule has 0 aliphatic carbocycles. The average molecular weight is 261 g/mol. The average Bonchev–Trinajstić information content (AvgIpc) is 2.87. The molecule has 2 aliphatic rings. The first-order valence-corrected chi connectivity index (χ1v) is 8.40. The Morgan fingerprint density at radius 1 is 1.41 bits per heavy atom. The molecule has 5 heteroatoms. The third-order valence-corrected chi connectivity index (χ3v) is 6.04. The Morgan fingerprint density at radius 3 is 2.76 bits per heavy atom. The summed E-state index contributed by atoms with van der Waals surface area (Å²) in [6, 6.07) is 0. The van der Waals surface area contributed by atoms with Crippen LogP contribution in [0.1, 0.15) is 38.5 Å². The highest BCUT2D eigenvalue weighted by atomic mass is 32.2. The first-order valence-electron chi connectivity index (χ1n) is 6.57. The Labute approximate surface area is 104 Å². The van der Waals surface area contributed by atoms with E-state index < -0.39 is 9.84 Å². The topological polar surface area (TPSA) is 69.4 Å². The van der Waals surface area contributed by atoms with Crippen molar-refractivity contribution in [1.82, 2.24) is 0 Å². The minimum atomic E-state index is -2.83. The maximum Gasteiger partial charge on any atom is 0.150 e. The van der Waals surface area contributed by atoms with Crippen LogP contribution in [0.4, 0.5) is 0 Å². The summed E-state index contributed by atoms with van der Waals surface area (Å²) in [6.07, 6.45) is 6.51. The molecule has 2 rings (SSSR count). The van der Waals surface area contributed by atoms with Gasteiger partial charge in [-0.3, -0.25) is 0 Å². The Hall–Kier alpha value is -0.130. The van der Waals surface area contributed by atoms with E-state index in [1.807, 2.05) is 0 Å². The molecule has 0 bridgehead atoms. The van der Waals surface area contributed by atoms with E-state index in [-0.39, 0.29) is 5.41 Å². The van der Waals surface area contributed by atoms with E-state index in [1.54, 1.807) is 0 Å². The van der Waals surface area contributed by atoms with Gasteiger partial charge in [0.2, 0.25) is 0 Å². The molecule has 2 aliphatic heterocycles. The van der Waals surface area contributed by atoms with Gasteiger partial charge in [-0.2, -0.15) is 0 Å². The van der Waals surface area contributed by atoms with Crippen molar-refractivity contribution in [3.8, 4) is 0 Å². The van der Waals surface area contributed by atoms with Crippen molar-refractivity contribution in [2.75, 3.05) is 24.7 Å². The number of hydrogen-bond acceptors (Lipinski definition) is 4. The first kappa shape index (κ1) is 13.3. The van der Waals surface area contributed by atoms with E-state index >= 15 is 0 Å². The normalized spacial score (nSPS) is 36.4. The molecule has 0 spiro atoms. The Morgan fingerprint density at radius 2 is 2.24 bits per heavy atom. The van der Waals surface area contributed by atoms with Crippen molar-refractivity contribution >= 4 is 9.84 Å². The smallest absolute Gasteiger partial charge is 0.150 e. The molecule has 2 N–H and O–H groups in total. The molecule has 0 radical (unpaired) electrons. The number of hydrogen-bond donors (Lipinski definition) is 1. The van der Waals surface area contributed by atoms with Crippen molar-refractivity contribution in [3.63, 3.8) is 0 Å². The lowest BCUT2D eigenvalue weighted by atomic mass is 9.82. The van der Waals surface area contributed by atoms with Crippen LogP contribution in [0.5, 0.6) is 0 Å². The Bertz CT molecular complexity index is 349. The molecule has 2 atom stereocenters. The zero-order valence-corrected chi connectivity index (χ0v) is 11.2. The predicted molar refractivity (Wildman–Crippen MR) is 67.6 cm³/mol. The van der Waals surface area contributed by atoms with Crippen LogP contribution in [0.15, 0.2) is 0 Å². The summed E-state index contributed by atoms with van der Waals surface area (Å²) in [5.74, 6) is 0.617. The zero-order valence-electron chi connectivity index (χ0n) is 10.4. The second-order valence-electron chi connectivity index (χ2n) is 5.57. The molecular weight excluding hydrogens is 238 g/mol. The standard InChI is InChI=1S/C12H23NO3S/c13-9-12(6-8-17(14,15)10-12)5-1-3-11-4-2-7-16-11/h11H,1-10,13H2. The fraction of sp³-hybridized carbons (Fsp3) is 1.00. The lowest BCUT2D eigenvalue weighted by molar-refractivity contribution is 0.0985. The van der Waals surface area contributed by atoms with Crippen LogP contribution in [0.25, 0.3) is 0 Å². The van der Waals surface area contributed by atoms with Gasteiger partial charge in [-0.15, -0.1) is 0 Å². The van der Waals surface area contributed by atoms with Crippen molar-refractivity contribution in [1.29, 1.82) is 0 Å². The van der Waals surface area contributed by atoms with Gasteiger partial charge in [0, 0.05) is 6.61 Å². The number of nitrogens with two attached hydrogens (primary N) is 1. The summed E-state index contributed by atoms with van der Waals surface area (Å²) >= 11 is 0. The molecule has 0 aromatic carbocycles. The largest absolute Gasteiger partial charge is 0.378 e. The lowest BCUT2D eigenvalue weighted by Crippen LogP contribution is -2.32. The van der Waals surface area contributed by atoms with Crippen LogP contribution < -0.4 is 5.73 Å². The molecule has 2 unspecified atom stereocenters. The molecule has 100 valence electrons. The van der Waals surface area contributed by atoms with Gasteiger partial charge < -0.3 is 10.5 Å². The van der Waals surface area contributed by atoms with E-state index in [4.69, 9.17) is 10.5 Å². The second-order valence-corrected chi connectivity index (χ2v) is 7.76. The quantitative estimate of drug-likeness (QED) is 0.804. The molecule has 0 saturated carbocycles. The van der Waals surface area contributed by atoms with Crippen LogP contribution in [0.2, 0.25) is 0 Å². The van der Waals surface area contributed by atoms with Crippen molar-refractivity contribution in [3.05, 3.63) is 0 Å². The SMILES string of the molecule is NCC1(CCCC2CCCO2)CCS(=O)(=O)C1.